The van der Waals surface area contributed by atoms with Gasteiger partial charge in [-0.1, -0.05) is 30.0 Å². The van der Waals surface area contributed by atoms with Crippen molar-refractivity contribution in [3.8, 4) is 17.7 Å². The van der Waals surface area contributed by atoms with Crippen LogP contribution in [-0.2, 0) is 6.54 Å². The van der Waals surface area contributed by atoms with Gasteiger partial charge in [0.2, 0.25) is 0 Å². The highest BCUT2D eigenvalue weighted by atomic mass is 19.1. The number of benzene rings is 2. The molecule has 2 nitrogen and oxygen atoms in total. The van der Waals surface area contributed by atoms with Gasteiger partial charge in [0.1, 0.15) is 11.6 Å². The average Bonchev–Trinajstić information content (AvgIpc) is 2.79. The van der Waals surface area contributed by atoms with Crippen molar-refractivity contribution in [2.75, 3.05) is 0 Å². The summed E-state index contributed by atoms with van der Waals surface area (Å²) < 4.78 is 27.8. The highest BCUT2D eigenvalue weighted by Gasteiger charge is 2.05. The van der Waals surface area contributed by atoms with E-state index in [2.05, 4.69) is 11.8 Å². The summed E-state index contributed by atoms with van der Waals surface area (Å²) in [6.45, 7) is 0.220. The zero-order chi connectivity index (χ0) is 14.8. The highest BCUT2D eigenvalue weighted by molar-refractivity contribution is 5.87. The normalized spacial score (nSPS) is 10.4. The van der Waals surface area contributed by atoms with E-state index < -0.39 is 11.6 Å². The van der Waals surface area contributed by atoms with Crippen LogP contribution in [0.25, 0.3) is 10.8 Å². The molecule has 1 heterocycles. The summed E-state index contributed by atoms with van der Waals surface area (Å²) in [5.74, 6) is 4.21. The monoisotopic (exact) mass is 283 g/mol. The fourth-order valence-electron chi connectivity index (χ4n) is 2.13. The topological polar surface area (TPSA) is 25.2 Å². The lowest BCUT2D eigenvalue weighted by Crippen LogP contribution is -1.92. The number of rotatable bonds is 1. The lowest BCUT2D eigenvalue weighted by Gasteiger charge is -1.98. The molecule has 0 spiro atoms. The number of aromatic nitrogens is 1. The molecule has 0 amide bonds. The maximum absolute atomic E-state index is 13.4. The van der Waals surface area contributed by atoms with E-state index >= 15 is 0 Å². The molecular formula is C17H11F2NO. The SMILES string of the molecule is Oc1c2ccccc2cn1CC#Cc1ccc(F)cc1F. The Bertz CT molecular complexity index is 871. The molecule has 0 fully saturated rings. The molecule has 3 rings (SSSR count). The Balaban J connectivity index is 1.87. The van der Waals surface area contributed by atoms with Crippen molar-refractivity contribution in [3.63, 3.8) is 0 Å². The van der Waals surface area contributed by atoms with Crippen molar-refractivity contribution in [1.82, 2.24) is 4.57 Å². The lowest BCUT2D eigenvalue weighted by molar-refractivity contribution is 0.433. The molecule has 104 valence electrons. The van der Waals surface area contributed by atoms with E-state index in [1.54, 1.807) is 10.8 Å². The molecular weight excluding hydrogens is 272 g/mol. The van der Waals surface area contributed by atoms with Gasteiger partial charge in [0, 0.05) is 23.0 Å². The molecule has 0 aliphatic heterocycles. The van der Waals surface area contributed by atoms with Gasteiger partial charge in [0.25, 0.3) is 0 Å². The molecule has 4 heteroatoms. The minimum Gasteiger partial charge on any atom is -0.494 e. The van der Waals surface area contributed by atoms with E-state index in [1.165, 1.54) is 6.07 Å². The number of halogens is 2. The van der Waals surface area contributed by atoms with E-state index in [1.807, 2.05) is 24.3 Å². The van der Waals surface area contributed by atoms with E-state index in [9.17, 15) is 13.9 Å². The molecule has 3 aromatic rings. The molecule has 2 aromatic carbocycles. The molecule has 1 aromatic heterocycles. The average molecular weight is 283 g/mol. The largest absolute Gasteiger partial charge is 0.494 e. The van der Waals surface area contributed by atoms with Crippen LogP contribution in [0.5, 0.6) is 5.88 Å². The first-order chi connectivity index (χ1) is 10.1. The molecule has 0 saturated heterocycles. The Morgan fingerprint density at radius 2 is 1.90 bits per heavy atom. The van der Waals surface area contributed by atoms with Gasteiger partial charge in [0.15, 0.2) is 5.88 Å². The third kappa shape index (κ3) is 2.59. The Morgan fingerprint density at radius 1 is 1.10 bits per heavy atom. The molecule has 0 bridgehead atoms. The minimum absolute atomic E-state index is 0.125. The number of fused-ring (bicyclic) bond motifs is 1. The molecule has 21 heavy (non-hydrogen) atoms. The van der Waals surface area contributed by atoms with Crippen LogP contribution in [0.3, 0.4) is 0 Å². The highest BCUT2D eigenvalue weighted by Crippen LogP contribution is 2.26. The standard InChI is InChI=1S/C17H11F2NO/c18-14-8-7-12(16(19)10-14)5-3-9-20-11-13-4-1-2-6-15(13)17(20)21/h1-2,4,6-8,10-11,21H,9H2. The van der Waals surface area contributed by atoms with Crippen LogP contribution in [0.4, 0.5) is 8.78 Å². The molecule has 0 aliphatic rings. The third-order valence-corrected chi connectivity index (χ3v) is 3.17. The lowest BCUT2D eigenvalue weighted by atomic mass is 10.2. The molecule has 0 atom stereocenters. The zero-order valence-corrected chi connectivity index (χ0v) is 11.0. The Kier molecular flexibility index (Phi) is 3.33. The van der Waals surface area contributed by atoms with Crippen molar-refractivity contribution >= 4 is 10.8 Å². The van der Waals surface area contributed by atoms with Crippen molar-refractivity contribution in [2.45, 2.75) is 6.54 Å². The molecule has 0 radical (unpaired) electrons. The number of hydrogen-bond donors (Lipinski definition) is 1. The van der Waals surface area contributed by atoms with Crippen molar-refractivity contribution in [3.05, 3.63) is 65.9 Å². The summed E-state index contributed by atoms with van der Waals surface area (Å²) >= 11 is 0. The fourth-order valence-corrected chi connectivity index (χ4v) is 2.13. The first-order valence-electron chi connectivity index (χ1n) is 6.36. The van der Waals surface area contributed by atoms with E-state index in [-0.39, 0.29) is 18.0 Å². The number of hydrogen-bond acceptors (Lipinski definition) is 1. The summed E-state index contributed by atoms with van der Waals surface area (Å²) in [5, 5.41) is 11.7. The van der Waals surface area contributed by atoms with Crippen LogP contribution in [-0.4, -0.2) is 9.67 Å². The molecule has 0 aliphatic carbocycles. The van der Waals surface area contributed by atoms with E-state index in [4.69, 9.17) is 0 Å². The molecule has 0 unspecified atom stereocenters. The maximum atomic E-state index is 13.4. The van der Waals surface area contributed by atoms with Crippen LogP contribution in [0, 0.1) is 23.5 Å². The van der Waals surface area contributed by atoms with Gasteiger partial charge in [-0.2, -0.15) is 0 Å². The van der Waals surface area contributed by atoms with Crippen LogP contribution < -0.4 is 0 Å². The predicted molar refractivity (Wildman–Crippen MR) is 76.8 cm³/mol. The zero-order valence-electron chi connectivity index (χ0n) is 11.0. The quantitative estimate of drug-likeness (QED) is 0.677. The van der Waals surface area contributed by atoms with Crippen molar-refractivity contribution < 1.29 is 13.9 Å². The summed E-state index contributed by atoms with van der Waals surface area (Å²) in [4.78, 5) is 0. The fraction of sp³-hybridized carbons (Fsp3) is 0.0588. The summed E-state index contributed by atoms with van der Waals surface area (Å²) in [7, 11) is 0. The van der Waals surface area contributed by atoms with E-state index in [0.29, 0.717) is 0 Å². The Morgan fingerprint density at radius 3 is 2.67 bits per heavy atom. The molecule has 1 N–H and O–H groups in total. The van der Waals surface area contributed by atoms with Crippen LogP contribution >= 0.6 is 0 Å². The first kappa shape index (κ1) is 13.2. The Hall–Kier alpha value is -2.80. The van der Waals surface area contributed by atoms with Crippen molar-refractivity contribution in [2.24, 2.45) is 0 Å². The predicted octanol–water partition coefficient (Wildman–Crippen LogP) is 3.68. The van der Waals surface area contributed by atoms with Crippen LogP contribution in [0.1, 0.15) is 5.56 Å². The van der Waals surface area contributed by atoms with Gasteiger partial charge in [-0.3, -0.25) is 0 Å². The summed E-state index contributed by atoms with van der Waals surface area (Å²) in [6.07, 6.45) is 1.78. The molecule has 0 saturated carbocycles. The van der Waals surface area contributed by atoms with Gasteiger partial charge >= 0.3 is 0 Å². The minimum atomic E-state index is -0.690. The summed E-state index contributed by atoms with van der Waals surface area (Å²) in [6, 6.07) is 10.7. The first-order valence-corrected chi connectivity index (χ1v) is 6.36. The van der Waals surface area contributed by atoms with Gasteiger partial charge in [0.05, 0.1) is 12.1 Å². The maximum Gasteiger partial charge on any atom is 0.199 e. The van der Waals surface area contributed by atoms with Crippen LogP contribution in [0.15, 0.2) is 48.7 Å². The number of nitrogens with zero attached hydrogens (tertiary/aromatic N) is 1. The summed E-state index contributed by atoms with van der Waals surface area (Å²) in [5.41, 5.74) is 0.132. The van der Waals surface area contributed by atoms with Gasteiger partial charge in [-0.25, -0.2) is 8.78 Å². The van der Waals surface area contributed by atoms with Crippen LogP contribution in [0.2, 0.25) is 0 Å². The van der Waals surface area contributed by atoms with Crippen molar-refractivity contribution in [1.29, 1.82) is 0 Å². The second kappa shape index (κ2) is 5.29. The number of aromatic hydroxyl groups is 1. The van der Waals surface area contributed by atoms with Gasteiger partial charge < -0.3 is 9.67 Å². The third-order valence-electron chi connectivity index (χ3n) is 3.17. The Labute approximate surface area is 120 Å². The second-order valence-electron chi connectivity index (χ2n) is 4.59. The van der Waals surface area contributed by atoms with E-state index in [0.717, 1.165) is 22.9 Å². The van der Waals surface area contributed by atoms with Gasteiger partial charge in [-0.15, -0.1) is 0 Å². The smallest absolute Gasteiger partial charge is 0.199 e. The van der Waals surface area contributed by atoms with Gasteiger partial charge in [-0.05, 0) is 18.2 Å². The second-order valence-corrected chi connectivity index (χ2v) is 4.59.